The van der Waals surface area contributed by atoms with E-state index in [0.717, 1.165) is 0 Å². The van der Waals surface area contributed by atoms with Crippen molar-refractivity contribution in [3.63, 3.8) is 0 Å². The summed E-state index contributed by atoms with van der Waals surface area (Å²) < 4.78 is 1.97. The molecule has 0 bridgehead atoms. The highest BCUT2D eigenvalue weighted by Gasteiger charge is 2.26. The molecule has 0 aliphatic heterocycles. The number of aromatic hydroxyl groups is 1. The van der Waals surface area contributed by atoms with Crippen molar-refractivity contribution in [3.8, 4) is 5.75 Å². The van der Waals surface area contributed by atoms with Crippen molar-refractivity contribution in [1.82, 2.24) is 19.5 Å². The van der Waals surface area contributed by atoms with Crippen LogP contribution in [-0.4, -0.2) is 41.4 Å². The topological polar surface area (TPSA) is 108 Å². The number of imidazole rings is 1. The average Bonchev–Trinajstić information content (AvgIpc) is 3.10. The predicted molar refractivity (Wildman–Crippen MR) is 120 cm³/mol. The average molecular weight is 433 g/mol. The highest BCUT2D eigenvalue weighted by molar-refractivity contribution is 6.32. The second-order valence-corrected chi connectivity index (χ2v) is 8.58. The van der Waals surface area contributed by atoms with Crippen LogP contribution in [0.2, 0.25) is 5.02 Å². The number of anilines is 2. The van der Waals surface area contributed by atoms with E-state index in [9.17, 15) is 10.2 Å². The maximum Gasteiger partial charge on any atom is 0.227 e. The number of phenolic OH excluding ortho intramolecular Hbond substituents is 1. The summed E-state index contributed by atoms with van der Waals surface area (Å²) in [6, 6.07) is 5.15. The van der Waals surface area contributed by atoms with Crippen LogP contribution in [0.4, 0.5) is 11.8 Å². The standard InChI is InChI=1S/C21H29ClN6O2/c1-6-15(21(4,5)30)25-20-26-18(16-19(27-20)28(11-24-16)12(2)3)23-10-13-8-7-9-14(22)17(13)29/h7-9,11-12,15,29-30H,6,10H2,1-5H3,(H2,23,25,26,27). The van der Waals surface area contributed by atoms with Gasteiger partial charge < -0.3 is 25.4 Å². The molecule has 0 spiro atoms. The minimum atomic E-state index is -0.939. The first-order valence-electron chi connectivity index (χ1n) is 10.1. The Morgan fingerprint density at radius 2 is 1.97 bits per heavy atom. The number of aliphatic hydroxyl groups is 1. The van der Waals surface area contributed by atoms with Crippen molar-refractivity contribution in [3.05, 3.63) is 35.1 Å². The van der Waals surface area contributed by atoms with E-state index in [1.165, 1.54) is 0 Å². The molecule has 0 saturated carbocycles. The van der Waals surface area contributed by atoms with Crippen LogP contribution >= 0.6 is 11.6 Å². The van der Waals surface area contributed by atoms with Gasteiger partial charge in [-0.05, 0) is 40.2 Å². The molecule has 0 aliphatic rings. The molecule has 1 atom stereocenters. The third kappa shape index (κ3) is 4.60. The molecule has 0 radical (unpaired) electrons. The number of hydrogen-bond donors (Lipinski definition) is 4. The minimum absolute atomic E-state index is 0.0381. The molecule has 2 aromatic heterocycles. The molecule has 162 valence electrons. The Labute approximate surface area is 181 Å². The molecule has 1 unspecified atom stereocenters. The summed E-state index contributed by atoms with van der Waals surface area (Å²) in [7, 11) is 0. The fraction of sp³-hybridized carbons (Fsp3) is 0.476. The van der Waals surface area contributed by atoms with Gasteiger partial charge in [0.25, 0.3) is 0 Å². The summed E-state index contributed by atoms with van der Waals surface area (Å²) in [4.78, 5) is 13.8. The van der Waals surface area contributed by atoms with E-state index in [2.05, 4.69) is 39.4 Å². The number of para-hydroxylation sites is 1. The normalized spacial score (nSPS) is 13.1. The molecule has 30 heavy (non-hydrogen) atoms. The van der Waals surface area contributed by atoms with Gasteiger partial charge in [0.15, 0.2) is 17.0 Å². The quantitative estimate of drug-likeness (QED) is 0.419. The lowest BCUT2D eigenvalue weighted by molar-refractivity contribution is 0.0577. The van der Waals surface area contributed by atoms with Crippen LogP contribution in [0.1, 0.15) is 52.6 Å². The minimum Gasteiger partial charge on any atom is -0.506 e. The molecule has 8 nitrogen and oxygen atoms in total. The SMILES string of the molecule is CCC(Nc1nc(NCc2cccc(Cl)c2O)c2ncn(C(C)C)c2n1)C(C)(C)O. The molecular formula is C21H29ClN6O2. The van der Waals surface area contributed by atoms with Crippen LogP contribution in [-0.2, 0) is 6.54 Å². The highest BCUT2D eigenvalue weighted by Crippen LogP contribution is 2.29. The molecule has 0 fully saturated rings. The van der Waals surface area contributed by atoms with Crippen LogP contribution in [0, 0.1) is 0 Å². The zero-order valence-corrected chi connectivity index (χ0v) is 18.7. The second-order valence-electron chi connectivity index (χ2n) is 8.17. The van der Waals surface area contributed by atoms with Gasteiger partial charge >= 0.3 is 0 Å². The molecule has 0 saturated heterocycles. The second kappa shape index (κ2) is 8.65. The molecule has 2 heterocycles. The molecule has 3 rings (SSSR count). The Morgan fingerprint density at radius 3 is 2.60 bits per heavy atom. The van der Waals surface area contributed by atoms with Crippen molar-refractivity contribution in [2.45, 2.75) is 65.3 Å². The van der Waals surface area contributed by atoms with Crippen LogP contribution in [0.5, 0.6) is 5.75 Å². The van der Waals surface area contributed by atoms with Gasteiger partial charge in [0.05, 0.1) is 23.0 Å². The van der Waals surface area contributed by atoms with E-state index in [0.29, 0.717) is 46.5 Å². The number of rotatable bonds is 8. The number of phenols is 1. The Balaban J connectivity index is 2.00. The number of aromatic nitrogens is 4. The van der Waals surface area contributed by atoms with Gasteiger partial charge in [-0.2, -0.15) is 9.97 Å². The van der Waals surface area contributed by atoms with Gasteiger partial charge in [-0.1, -0.05) is 30.7 Å². The first-order chi connectivity index (χ1) is 14.1. The van der Waals surface area contributed by atoms with E-state index in [-0.39, 0.29) is 17.8 Å². The molecule has 3 aromatic rings. The number of fused-ring (bicyclic) bond motifs is 1. The van der Waals surface area contributed by atoms with Crippen molar-refractivity contribution >= 4 is 34.5 Å². The lowest BCUT2D eigenvalue weighted by atomic mass is 9.97. The Bertz CT molecular complexity index is 1030. The summed E-state index contributed by atoms with van der Waals surface area (Å²) in [5, 5.41) is 27.4. The number of nitrogens with one attached hydrogen (secondary N) is 2. The van der Waals surface area contributed by atoms with E-state index >= 15 is 0 Å². The van der Waals surface area contributed by atoms with Crippen molar-refractivity contribution in [2.75, 3.05) is 10.6 Å². The maximum atomic E-state index is 10.4. The Kier molecular flexibility index (Phi) is 6.38. The van der Waals surface area contributed by atoms with Crippen LogP contribution in [0.3, 0.4) is 0 Å². The van der Waals surface area contributed by atoms with Gasteiger partial charge in [-0.25, -0.2) is 4.98 Å². The zero-order valence-electron chi connectivity index (χ0n) is 17.9. The van der Waals surface area contributed by atoms with Gasteiger partial charge in [0, 0.05) is 18.2 Å². The summed E-state index contributed by atoms with van der Waals surface area (Å²) in [6.07, 6.45) is 2.44. The van der Waals surface area contributed by atoms with Gasteiger partial charge in [-0.3, -0.25) is 0 Å². The number of halogens is 1. The van der Waals surface area contributed by atoms with E-state index in [1.807, 2.05) is 11.5 Å². The summed E-state index contributed by atoms with van der Waals surface area (Å²) in [6.45, 7) is 9.93. The van der Waals surface area contributed by atoms with E-state index in [1.54, 1.807) is 38.4 Å². The summed E-state index contributed by atoms with van der Waals surface area (Å²) >= 11 is 6.02. The Morgan fingerprint density at radius 1 is 1.23 bits per heavy atom. The van der Waals surface area contributed by atoms with Crippen LogP contribution < -0.4 is 10.6 Å². The predicted octanol–water partition coefficient (Wildman–Crippen LogP) is 4.34. The molecule has 1 aromatic carbocycles. The first-order valence-corrected chi connectivity index (χ1v) is 10.4. The lowest BCUT2D eigenvalue weighted by Crippen LogP contribution is -2.41. The van der Waals surface area contributed by atoms with Crippen molar-refractivity contribution < 1.29 is 10.2 Å². The summed E-state index contributed by atoms with van der Waals surface area (Å²) in [5.74, 6) is 0.972. The fourth-order valence-corrected chi connectivity index (χ4v) is 3.49. The molecule has 4 N–H and O–H groups in total. The lowest BCUT2D eigenvalue weighted by Gasteiger charge is -2.29. The van der Waals surface area contributed by atoms with Crippen LogP contribution in [0.15, 0.2) is 24.5 Å². The van der Waals surface area contributed by atoms with Gasteiger partial charge in [0.1, 0.15) is 5.75 Å². The molecule has 0 amide bonds. The Hall–Kier alpha value is -2.58. The number of benzene rings is 1. The van der Waals surface area contributed by atoms with Gasteiger partial charge in [-0.15, -0.1) is 0 Å². The number of nitrogens with zero attached hydrogens (tertiary/aromatic N) is 4. The van der Waals surface area contributed by atoms with Gasteiger partial charge in [0.2, 0.25) is 5.95 Å². The van der Waals surface area contributed by atoms with Crippen LogP contribution in [0.25, 0.3) is 11.2 Å². The first kappa shape index (κ1) is 22.1. The fourth-order valence-electron chi connectivity index (χ4n) is 3.30. The summed E-state index contributed by atoms with van der Waals surface area (Å²) in [5.41, 5.74) is 1.03. The molecule has 9 heteroatoms. The maximum absolute atomic E-state index is 10.4. The monoisotopic (exact) mass is 432 g/mol. The smallest absolute Gasteiger partial charge is 0.227 e. The third-order valence-electron chi connectivity index (χ3n) is 5.06. The molecular weight excluding hydrogens is 404 g/mol. The van der Waals surface area contributed by atoms with Crippen molar-refractivity contribution in [1.29, 1.82) is 0 Å². The largest absolute Gasteiger partial charge is 0.506 e. The van der Waals surface area contributed by atoms with E-state index in [4.69, 9.17) is 11.6 Å². The van der Waals surface area contributed by atoms with E-state index < -0.39 is 5.60 Å². The number of hydrogen-bond acceptors (Lipinski definition) is 7. The third-order valence-corrected chi connectivity index (χ3v) is 5.36. The van der Waals surface area contributed by atoms with Crippen molar-refractivity contribution in [2.24, 2.45) is 0 Å². The highest BCUT2D eigenvalue weighted by atomic mass is 35.5. The zero-order chi connectivity index (χ0) is 22.1. The molecule has 0 aliphatic carbocycles.